The maximum absolute atomic E-state index is 10.9. The van der Waals surface area contributed by atoms with Gasteiger partial charge in [-0.15, -0.1) is 0 Å². The summed E-state index contributed by atoms with van der Waals surface area (Å²) in [6.07, 6.45) is 2.64. The van der Waals surface area contributed by atoms with Gasteiger partial charge < -0.3 is 10.2 Å². The molecule has 9 heteroatoms. The molecule has 2 N–H and O–H groups in total. The molecule has 0 atom stereocenters. The van der Waals surface area contributed by atoms with Gasteiger partial charge in [0.05, 0.1) is 24.6 Å². The fraction of sp³-hybridized carbons (Fsp3) is 0.600. The number of isocyanates is 2. The Kier molecular flexibility index (Phi) is 8.12. The molecule has 0 aliphatic rings. The summed E-state index contributed by atoms with van der Waals surface area (Å²) in [5, 5.41) is 17.8. The summed E-state index contributed by atoms with van der Waals surface area (Å²) < 4.78 is 0. The van der Waals surface area contributed by atoms with E-state index in [2.05, 4.69) is 9.98 Å². The van der Waals surface area contributed by atoms with E-state index in [-0.39, 0.29) is 36.1 Å². The van der Waals surface area contributed by atoms with Gasteiger partial charge in [-0.1, -0.05) is 0 Å². The first-order chi connectivity index (χ1) is 8.95. The molecule has 0 amide bonds. The molecule has 0 rings (SSSR count). The van der Waals surface area contributed by atoms with Gasteiger partial charge in [-0.2, -0.15) is 0 Å². The molecule has 0 saturated heterocycles. The molecule has 0 heterocycles. The Labute approximate surface area is 110 Å². The topological polar surface area (TPSA) is 133 Å². The van der Waals surface area contributed by atoms with Gasteiger partial charge in [0.25, 0.3) is 0 Å². The second kappa shape index (κ2) is 9.04. The van der Waals surface area contributed by atoms with Crippen LogP contribution in [0.25, 0.3) is 0 Å². The number of carbonyl (C=O) groups is 2. The van der Waals surface area contributed by atoms with Crippen molar-refractivity contribution in [2.24, 2.45) is 9.98 Å². The van der Waals surface area contributed by atoms with E-state index in [1.165, 1.54) is 12.2 Å². The van der Waals surface area contributed by atoms with Crippen LogP contribution in [0.4, 0.5) is 0 Å². The number of carbonyl (C=O) groups excluding carboxylic acids is 2. The van der Waals surface area contributed by atoms with Crippen molar-refractivity contribution >= 4 is 34.1 Å². The zero-order chi connectivity index (χ0) is 14.7. The van der Waals surface area contributed by atoms with Crippen molar-refractivity contribution in [1.29, 1.82) is 0 Å². The average Bonchev–Trinajstić information content (AvgIpc) is 2.27. The van der Waals surface area contributed by atoms with E-state index in [4.69, 9.17) is 10.2 Å². The quantitative estimate of drug-likeness (QED) is 0.416. The standard InChI is InChI=1S/C10H14N2O6S/c13-7-11-1-3-19(5-9(15)16,6-10(17)18)4-2-12-8-14/h1-6H2,(H,15,16)(H,17,18). The van der Waals surface area contributed by atoms with E-state index in [9.17, 15) is 19.2 Å². The zero-order valence-corrected chi connectivity index (χ0v) is 10.9. The average molecular weight is 290 g/mol. The summed E-state index contributed by atoms with van der Waals surface area (Å²) in [7, 11) is -2.08. The predicted molar refractivity (Wildman–Crippen MR) is 68.3 cm³/mol. The molecular formula is C10H14N2O6S. The number of rotatable bonds is 10. The molecule has 0 aromatic rings. The summed E-state index contributed by atoms with van der Waals surface area (Å²) in [4.78, 5) is 48.4. The summed E-state index contributed by atoms with van der Waals surface area (Å²) in [5.74, 6) is -2.53. The van der Waals surface area contributed by atoms with E-state index in [0.29, 0.717) is 0 Å². The fourth-order valence-corrected chi connectivity index (χ4v) is 4.42. The van der Waals surface area contributed by atoms with Gasteiger partial charge in [-0.25, -0.2) is 29.6 Å². The molecule has 0 aromatic carbocycles. The van der Waals surface area contributed by atoms with Gasteiger partial charge in [0.15, 0.2) is 0 Å². The van der Waals surface area contributed by atoms with Crippen LogP contribution in [0.1, 0.15) is 0 Å². The largest absolute Gasteiger partial charge is 0.481 e. The van der Waals surface area contributed by atoms with Crippen LogP contribution in [0.2, 0.25) is 0 Å². The smallest absolute Gasteiger partial charge is 0.311 e. The highest BCUT2D eigenvalue weighted by Crippen LogP contribution is 2.47. The Morgan fingerprint density at radius 1 is 0.895 bits per heavy atom. The first kappa shape index (κ1) is 17.1. The molecular weight excluding hydrogens is 276 g/mol. The highest BCUT2D eigenvalue weighted by molar-refractivity contribution is 8.34. The number of hydrogen-bond acceptors (Lipinski definition) is 6. The molecule has 0 aliphatic heterocycles. The van der Waals surface area contributed by atoms with Crippen LogP contribution in [0.15, 0.2) is 9.98 Å². The van der Waals surface area contributed by atoms with E-state index in [0.717, 1.165) is 0 Å². The molecule has 0 spiro atoms. The lowest BCUT2D eigenvalue weighted by atomic mass is 10.8. The Hall–Kier alpha value is -1.95. The minimum atomic E-state index is -2.08. The van der Waals surface area contributed by atoms with Gasteiger partial charge in [0.2, 0.25) is 12.2 Å². The molecule has 0 radical (unpaired) electrons. The van der Waals surface area contributed by atoms with Crippen molar-refractivity contribution in [1.82, 2.24) is 0 Å². The number of aliphatic imine (C=N–C) groups is 2. The second-order valence-electron chi connectivity index (χ2n) is 3.66. The summed E-state index contributed by atoms with van der Waals surface area (Å²) in [6, 6.07) is 0. The molecule has 0 saturated carbocycles. The van der Waals surface area contributed by atoms with Crippen molar-refractivity contribution < 1.29 is 29.4 Å². The zero-order valence-electron chi connectivity index (χ0n) is 10.1. The monoisotopic (exact) mass is 290 g/mol. The van der Waals surface area contributed by atoms with Gasteiger partial charge >= 0.3 is 11.9 Å². The Morgan fingerprint density at radius 2 is 1.26 bits per heavy atom. The van der Waals surface area contributed by atoms with E-state index in [1.807, 2.05) is 0 Å². The van der Waals surface area contributed by atoms with Crippen LogP contribution in [0, 0.1) is 0 Å². The highest BCUT2D eigenvalue weighted by atomic mass is 32.3. The first-order valence-electron chi connectivity index (χ1n) is 5.21. The Morgan fingerprint density at radius 3 is 1.53 bits per heavy atom. The number of carboxylic acid groups (broad SMARTS) is 2. The van der Waals surface area contributed by atoms with Crippen molar-refractivity contribution in [2.45, 2.75) is 0 Å². The van der Waals surface area contributed by atoms with Crippen molar-refractivity contribution in [2.75, 3.05) is 36.1 Å². The highest BCUT2D eigenvalue weighted by Gasteiger charge is 2.29. The van der Waals surface area contributed by atoms with Crippen LogP contribution < -0.4 is 0 Å². The van der Waals surface area contributed by atoms with Gasteiger partial charge in [0.1, 0.15) is 0 Å². The SMILES string of the molecule is O=C=NCCS(CCN=C=O)(CC(=O)O)CC(=O)O. The third-order valence-electron chi connectivity index (χ3n) is 2.26. The lowest BCUT2D eigenvalue weighted by Crippen LogP contribution is -2.28. The van der Waals surface area contributed by atoms with Crippen LogP contribution in [-0.4, -0.2) is 70.4 Å². The second-order valence-corrected chi connectivity index (χ2v) is 7.50. The predicted octanol–water partition coefficient (Wildman–Crippen LogP) is -0.368. The minimum Gasteiger partial charge on any atom is -0.481 e. The molecule has 8 nitrogen and oxygen atoms in total. The maximum Gasteiger partial charge on any atom is 0.311 e. The van der Waals surface area contributed by atoms with Crippen LogP contribution in [-0.2, 0) is 19.2 Å². The fourth-order valence-electron chi connectivity index (χ4n) is 1.54. The van der Waals surface area contributed by atoms with Crippen molar-refractivity contribution in [3.05, 3.63) is 0 Å². The van der Waals surface area contributed by atoms with Gasteiger partial charge in [-0.3, -0.25) is 9.59 Å². The first-order valence-corrected chi connectivity index (χ1v) is 7.51. The number of aliphatic carboxylic acids is 2. The van der Waals surface area contributed by atoms with Crippen LogP contribution in [0.3, 0.4) is 0 Å². The third-order valence-corrected chi connectivity index (χ3v) is 6.08. The molecule has 19 heavy (non-hydrogen) atoms. The third kappa shape index (κ3) is 7.88. The van der Waals surface area contributed by atoms with Crippen molar-refractivity contribution in [3.63, 3.8) is 0 Å². The summed E-state index contributed by atoms with van der Waals surface area (Å²) in [5.41, 5.74) is 0. The lowest BCUT2D eigenvalue weighted by molar-refractivity contribution is -0.134. The normalized spacial score (nSPS) is 10.9. The lowest BCUT2D eigenvalue weighted by Gasteiger charge is -2.36. The van der Waals surface area contributed by atoms with Crippen LogP contribution >= 0.6 is 10.0 Å². The molecule has 0 fully saturated rings. The minimum absolute atomic E-state index is 0.0181. The van der Waals surface area contributed by atoms with E-state index >= 15 is 0 Å². The summed E-state index contributed by atoms with van der Waals surface area (Å²) in [6.45, 7) is 0.0361. The molecule has 106 valence electrons. The maximum atomic E-state index is 10.9. The molecule has 0 aliphatic carbocycles. The van der Waals surface area contributed by atoms with E-state index < -0.39 is 22.0 Å². The van der Waals surface area contributed by atoms with E-state index in [1.54, 1.807) is 0 Å². The summed E-state index contributed by atoms with van der Waals surface area (Å²) >= 11 is 0. The van der Waals surface area contributed by atoms with Gasteiger partial charge in [0, 0.05) is 0 Å². The van der Waals surface area contributed by atoms with Gasteiger partial charge in [-0.05, 0) is 11.5 Å². The number of nitrogens with zero attached hydrogens (tertiary/aromatic N) is 2. The van der Waals surface area contributed by atoms with Crippen LogP contribution in [0.5, 0.6) is 0 Å². The molecule has 0 aromatic heterocycles. The van der Waals surface area contributed by atoms with Crippen molar-refractivity contribution in [3.8, 4) is 0 Å². The number of hydrogen-bond donors (Lipinski definition) is 2. The Balaban J connectivity index is 5.02. The molecule has 0 unspecified atom stereocenters. The Bertz CT molecular complexity index is 386. The molecule has 0 bridgehead atoms. The number of carboxylic acids is 2.